The smallest absolute Gasteiger partial charge is 0.325 e. The monoisotopic (exact) mass is 320 g/mol. The van der Waals surface area contributed by atoms with Crippen LogP contribution in [-0.4, -0.2) is 12.1 Å². The normalized spacial score (nSPS) is 10.8. The van der Waals surface area contributed by atoms with Gasteiger partial charge in [-0.2, -0.15) is 18.4 Å². The van der Waals surface area contributed by atoms with Gasteiger partial charge in [0.25, 0.3) is 0 Å². The third-order valence-electron chi connectivity index (χ3n) is 2.01. The van der Waals surface area contributed by atoms with Crippen LogP contribution in [0.25, 0.3) is 0 Å². The Morgan fingerprint density at radius 1 is 1.44 bits per heavy atom. The molecule has 96 valence electrons. The van der Waals surface area contributed by atoms with Crippen molar-refractivity contribution in [3.05, 3.63) is 28.2 Å². The molecule has 0 unspecified atom stereocenters. The fourth-order valence-corrected chi connectivity index (χ4v) is 1.63. The third-order valence-corrected chi connectivity index (χ3v) is 2.66. The minimum atomic E-state index is -4.35. The zero-order chi connectivity index (χ0) is 13.8. The molecule has 0 aliphatic rings. The van der Waals surface area contributed by atoms with Crippen molar-refractivity contribution in [1.82, 2.24) is 0 Å². The summed E-state index contributed by atoms with van der Waals surface area (Å²) in [5.41, 5.74) is 0.719. The Labute approximate surface area is 110 Å². The number of nitrogens with zero attached hydrogens (tertiary/aromatic N) is 1. The van der Waals surface area contributed by atoms with Gasteiger partial charge in [0.15, 0.2) is 0 Å². The van der Waals surface area contributed by atoms with Gasteiger partial charge in [0.05, 0.1) is 23.7 Å². The first-order valence-corrected chi connectivity index (χ1v) is 5.67. The first kappa shape index (κ1) is 14.5. The van der Waals surface area contributed by atoms with Gasteiger partial charge in [-0.3, -0.25) is 4.79 Å². The van der Waals surface area contributed by atoms with Crippen molar-refractivity contribution >= 4 is 27.5 Å². The third kappa shape index (κ3) is 4.75. The van der Waals surface area contributed by atoms with Crippen molar-refractivity contribution in [2.45, 2.75) is 19.0 Å². The molecule has 1 N–H and O–H groups in total. The van der Waals surface area contributed by atoms with Crippen LogP contribution in [0.15, 0.2) is 22.7 Å². The van der Waals surface area contributed by atoms with E-state index in [9.17, 15) is 18.0 Å². The first-order valence-electron chi connectivity index (χ1n) is 4.88. The van der Waals surface area contributed by atoms with Gasteiger partial charge < -0.3 is 5.32 Å². The highest BCUT2D eigenvalue weighted by atomic mass is 79.9. The second-order valence-corrected chi connectivity index (χ2v) is 4.32. The maximum atomic E-state index is 11.9. The van der Waals surface area contributed by atoms with E-state index in [0.717, 1.165) is 0 Å². The van der Waals surface area contributed by atoms with Gasteiger partial charge in [0.2, 0.25) is 5.91 Å². The lowest BCUT2D eigenvalue weighted by atomic mass is 10.2. The van der Waals surface area contributed by atoms with Crippen LogP contribution in [0.3, 0.4) is 0 Å². The van der Waals surface area contributed by atoms with Crippen molar-refractivity contribution in [3.8, 4) is 6.07 Å². The van der Waals surface area contributed by atoms with E-state index in [-0.39, 0.29) is 0 Å². The van der Waals surface area contributed by atoms with E-state index < -0.39 is 24.9 Å². The highest BCUT2D eigenvalue weighted by Crippen LogP contribution is 2.25. The molecule has 0 bridgehead atoms. The fraction of sp³-hybridized carbons (Fsp3) is 0.273. The van der Waals surface area contributed by atoms with Gasteiger partial charge in [-0.1, -0.05) is 0 Å². The average Bonchev–Trinajstić information content (AvgIpc) is 2.28. The molecule has 0 atom stereocenters. The molecule has 18 heavy (non-hydrogen) atoms. The van der Waals surface area contributed by atoms with Gasteiger partial charge in [0.1, 0.15) is 0 Å². The van der Waals surface area contributed by atoms with E-state index in [1.807, 2.05) is 6.07 Å². The number of amides is 1. The van der Waals surface area contributed by atoms with E-state index in [4.69, 9.17) is 5.26 Å². The van der Waals surface area contributed by atoms with Crippen LogP contribution < -0.4 is 5.32 Å². The number of nitriles is 1. The molecule has 0 aliphatic carbocycles. The summed E-state index contributed by atoms with van der Waals surface area (Å²) in [7, 11) is 0. The Kier molecular flexibility index (Phi) is 4.73. The SMILES string of the molecule is N#Cc1ccc(NC(=O)CCC(F)(F)F)c(Br)c1. The molecule has 3 nitrogen and oxygen atoms in total. The Morgan fingerprint density at radius 3 is 2.61 bits per heavy atom. The predicted molar refractivity (Wildman–Crippen MR) is 62.8 cm³/mol. The maximum Gasteiger partial charge on any atom is 0.389 e. The average molecular weight is 321 g/mol. The predicted octanol–water partition coefficient (Wildman–Crippen LogP) is 3.60. The van der Waals surface area contributed by atoms with Crippen LogP contribution in [0.1, 0.15) is 18.4 Å². The summed E-state index contributed by atoms with van der Waals surface area (Å²) < 4.78 is 36.2. The number of hydrogen-bond acceptors (Lipinski definition) is 2. The van der Waals surface area contributed by atoms with E-state index in [2.05, 4.69) is 21.2 Å². The molecule has 1 aromatic carbocycles. The van der Waals surface area contributed by atoms with Gasteiger partial charge in [0, 0.05) is 10.9 Å². The molecule has 0 aliphatic heterocycles. The summed E-state index contributed by atoms with van der Waals surface area (Å²) in [5, 5.41) is 11.0. The molecule has 0 fully saturated rings. The number of carbonyl (C=O) groups is 1. The van der Waals surface area contributed by atoms with Gasteiger partial charge >= 0.3 is 6.18 Å². The first-order chi connectivity index (χ1) is 8.31. The van der Waals surface area contributed by atoms with E-state index in [1.54, 1.807) is 0 Å². The molecular weight excluding hydrogens is 313 g/mol. The summed E-state index contributed by atoms with van der Waals surface area (Å²) in [6.45, 7) is 0. The summed E-state index contributed by atoms with van der Waals surface area (Å²) in [6.07, 6.45) is -6.14. The number of alkyl halides is 3. The summed E-state index contributed by atoms with van der Waals surface area (Å²) in [6, 6.07) is 6.29. The Bertz CT molecular complexity index is 494. The van der Waals surface area contributed by atoms with Crippen molar-refractivity contribution < 1.29 is 18.0 Å². The highest BCUT2D eigenvalue weighted by Gasteiger charge is 2.27. The molecule has 1 aromatic rings. The lowest BCUT2D eigenvalue weighted by Crippen LogP contribution is -2.16. The number of anilines is 1. The van der Waals surface area contributed by atoms with Crippen LogP contribution in [0, 0.1) is 11.3 Å². The zero-order valence-electron chi connectivity index (χ0n) is 9.01. The molecule has 1 amide bonds. The molecule has 0 spiro atoms. The maximum absolute atomic E-state index is 11.9. The molecule has 0 radical (unpaired) electrons. The van der Waals surface area contributed by atoms with Crippen LogP contribution >= 0.6 is 15.9 Å². The number of hydrogen-bond donors (Lipinski definition) is 1. The Morgan fingerprint density at radius 2 is 2.11 bits per heavy atom. The second kappa shape index (κ2) is 5.87. The second-order valence-electron chi connectivity index (χ2n) is 3.47. The summed E-state index contributed by atoms with van der Waals surface area (Å²) in [5.74, 6) is -0.724. The minimum Gasteiger partial charge on any atom is -0.325 e. The number of rotatable bonds is 3. The molecule has 7 heteroatoms. The van der Waals surface area contributed by atoms with Crippen LogP contribution in [0.2, 0.25) is 0 Å². The Hall–Kier alpha value is -1.55. The lowest BCUT2D eigenvalue weighted by Gasteiger charge is -2.09. The highest BCUT2D eigenvalue weighted by molar-refractivity contribution is 9.10. The van der Waals surface area contributed by atoms with Crippen molar-refractivity contribution in [2.75, 3.05) is 5.32 Å². The lowest BCUT2D eigenvalue weighted by molar-refractivity contribution is -0.142. The van der Waals surface area contributed by atoms with E-state index >= 15 is 0 Å². The standard InChI is InChI=1S/C11H8BrF3N2O/c12-8-5-7(6-16)1-2-9(8)17-10(18)3-4-11(13,14)15/h1-2,5H,3-4H2,(H,17,18). The van der Waals surface area contributed by atoms with Crippen molar-refractivity contribution in [1.29, 1.82) is 5.26 Å². The largest absolute Gasteiger partial charge is 0.389 e. The molecule has 0 saturated heterocycles. The van der Waals surface area contributed by atoms with Crippen molar-refractivity contribution in [3.63, 3.8) is 0 Å². The molecule has 0 heterocycles. The van der Waals surface area contributed by atoms with Gasteiger partial charge in [-0.25, -0.2) is 0 Å². The van der Waals surface area contributed by atoms with Crippen molar-refractivity contribution in [2.24, 2.45) is 0 Å². The fourth-order valence-electron chi connectivity index (χ4n) is 1.15. The van der Waals surface area contributed by atoms with Gasteiger partial charge in [-0.15, -0.1) is 0 Å². The van der Waals surface area contributed by atoms with E-state index in [0.29, 0.717) is 15.7 Å². The Balaban J connectivity index is 2.63. The van der Waals surface area contributed by atoms with Gasteiger partial charge in [-0.05, 0) is 34.1 Å². The number of nitrogens with one attached hydrogen (secondary N) is 1. The number of benzene rings is 1. The topological polar surface area (TPSA) is 52.9 Å². The number of halogens is 4. The summed E-state index contributed by atoms with van der Waals surface area (Å²) in [4.78, 5) is 11.3. The number of carbonyl (C=O) groups excluding carboxylic acids is 1. The molecule has 1 rings (SSSR count). The molecule has 0 aromatic heterocycles. The van der Waals surface area contributed by atoms with Crippen LogP contribution in [0.5, 0.6) is 0 Å². The van der Waals surface area contributed by atoms with E-state index in [1.165, 1.54) is 18.2 Å². The zero-order valence-corrected chi connectivity index (χ0v) is 10.6. The van der Waals surface area contributed by atoms with Crippen LogP contribution in [0.4, 0.5) is 18.9 Å². The molecule has 0 saturated carbocycles. The quantitative estimate of drug-likeness (QED) is 0.925. The minimum absolute atomic E-state index is 0.334. The summed E-state index contributed by atoms with van der Waals surface area (Å²) >= 11 is 3.12. The van der Waals surface area contributed by atoms with Crippen LogP contribution in [-0.2, 0) is 4.79 Å². The molecular formula is C11H8BrF3N2O.